The van der Waals surface area contributed by atoms with Gasteiger partial charge in [0.15, 0.2) is 0 Å². The van der Waals surface area contributed by atoms with Crippen LogP contribution < -0.4 is 10.6 Å². The van der Waals surface area contributed by atoms with E-state index in [2.05, 4.69) is 10.6 Å². The highest BCUT2D eigenvalue weighted by molar-refractivity contribution is 5.95. The normalized spacial score (nSPS) is 19.4. The smallest absolute Gasteiger partial charge is 0.321 e. The number of hydrogen-bond donors (Lipinski definition) is 3. The summed E-state index contributed by atoms with van der Waals surface area (Å²) >= 11 is 0. The molecular weight excluding hydrogens is 262 g/mol. The molecule has 0 saturated carbocycles. The molecule has 1 rings (SSSR count). The first-order valence-corrected chi connectivity index (χ1v) is 7.03. The van der Waals surface area contributed by atoms with E-state index in [1.165, 1.54) is 0 Å². The molecule has 0 aromatic carbocycles. The molecule has 0 aromatic rings. The van der Waals surface area contributed by atoms with Crippen LogP contribution >= 0.6 is 0 Å². The Labute approximate surface area is 118 Å². The first-order chi connectivity index (χ1) is 9.51. The van der Waals surface area contributed by atoms with Crippen LogP contribution in [0.1, 0.15) is 32.6 Å². The van der Waals surface area contributed by atoms with E-state index in [1.54, 1.807) is 6.92 Å². The number of likely N-dealkylation sites (tertiary alicyclic amines) is 1. The number of urea groups is 1. The number of amides is 3. The molecular formula is C13H23N3O4. The van der Waals surface area contributed by atoms with Crippen LogP contribution in [0.2, 0.25) is 0 Å². The van der Waals surface area contributed by atoms with Crippen LogP contribution in [0.3, 0.4) is 0 Å². The Morgan fingerprint density at radius 3 is 2.75 bits per heavy atom. The maximum Gasteiger partial charge on any atom is 0.321 e. The van der Waals surface area contributed by atoms with Crippen LogP contribution in [0.15, 0.2) is 0 Å². The molecule has 0 aromatic heterocycles. The van der Waals surface area contributed by atoms with E-state index in [-0.39, 0.29) is 18.9 Å². The average Bonchev–Trinajstić information content (AvgIpc) is 2.36. The van der Waals surface area contributed by atoms with Gasteiger partial charge in [-0.3, -0.25) is 19.8 Å². The lowest BCUT2D eigenvalue weighted by atomic mass is 9.93. The fourth-order valence-corrected chi connectivity index (χ4v) is 2.43. The molecule has 7 heteroatoms. The number of hydrogen-bond acceptors (Lipinski definition) is 4. The second-order valence-corrected chi connectivity index (χ2v) is 5.08. The number of carbonyl (C=O) groups excluding carboxylic acids is 2. The average molecular weight is 285 g/mol. The highest BCUT2D eigenvalue weighted by Crippen LogP contribution is 2.20. The summed E-state index contributed by atoms with van der Waals surface area (Å²) in [5.74, 6) is -0.789. The summed E-state index contributed by atoms with van der Waals surface area (Å²) in [6.07, 6.45) is 2.77. The van der Waals surface area contributed by atoms with Gasteiger partial charge in [-0.2, -0.15) is 0 Å². The van der Waals surface area contributed by atoms with E-state index >= 15 is 0 Å². The first-order valence-electron chi connectivity index (χ1n) is 7.03. The number of nitrogens with one attached hydrogen (secondary N) is 2. The zero-order valence-electron chi connectivity index (χ0n) is 11.9. The van der Waals surface area contributed by atoms with Gasteiger partial charge >= 0.3 is 12.0 Å². The molecule has 1 aliphatic rings. The van der Waals surface area contributed by atoms with Gasteiger partial charge in [0.2, 0.25) is 5.91 Å². The number of carbonyl (C=O) groups is 3. The summed E-state index contributed by atoms with van der Waals surface area (Å²) < 4.78 is 0. The van der Waals surface area contributed by atoms with Crippen molar-refractivity contribution in [2.45, 2.75) is 32.6 Å². The van der Waals surface area contributed by atoms with Crippen molar-refractivity contribution in [1.29, 1.82) is 0 Å². The maximum absolute atomic E-state index is 11.7. The van der Waals surface area contributed by atoms with E-state index in [1.807, 2.05) is 4.90 Å². The molecule has 1 saturated heterocycles. The fourth-order valence-electron chi connectivity index (χ4n) is 2.43. The summed E-state index contributed by atoms with van der Waals surface area (Å²) in [5, 5.41) is 13.5. The predicted molar refractivity (Wildman–Crippen MR) is 73.2 cm³/mol. The van der Waals surface area contributed by atoms with Gasteiger partial charge in [0.05, 0.1) is 6.54 Å². The first kappa shape index (κ1) is 16.4. The van der Waals surface area contributed by atoms with E-state index < -0.39 is 12.0 Å². The van der Waals surface area contributed by atoms with Gasteiger partial charge in [0, 0.05) is 19.5 Å². The highest BCUT2D eigenvalue weighted by atomic mass is 16.4. The quantitative estimate of drug-likeness (QED) is 0.656. The second-order valence-electron chi connectivity index (χ2n) is 5.08. The van der Waals surface area contributed by atoms with Crippen LogP contribution in [-0.4, -0.2) is 54.1 Å². The lowest BCUT2D eigenvalue weighted by Crippen LogP contribution is -2.46. The van der Waals surface area contributed by atoms with Crippen LogP contribution in [0.5, 0.6) is 0 Å². The van der Waals surface area contributed by atoms with Gasteiger partial charge in [-0.15, -0.1) is 0 Å². The van der Waals surface area contributed by atoms with Gasteiger partial charge < -0.3 is 10.4 Å². The maximum atomic E-state index is 11.7. The molecule has 3 N–H and O–H groups in total. The summed E-state index contributed by atoms with van der Waals surface area (Å²) in [7, 11) is 0. The number of rotatable bonds is 6. The van der Waals surface area contributed by atoms with Crippen LogP contribution in [0, 0.1) is 5.92 Å². The Bertz CT molecular complexity index is 360. The number of piperidine rings is 1. The molecule has 1 heterocycles. The molecule has 7 nitrogen and oxygen atoms in total. The minimum atomic E-state index is -0.781. The minimum absolute atomic E-state index is 0.170. The molecule has 0 radical (unpaired) electrons. The topological polar surface area (TPSA) is 98.7 Å². The molecule has 3 amide bonds. The molecule has 1 aliphatic heterocycles. The second kappa shape index (κ2) is 8.52. The lowest BCUT2D eigenvalue weighted by Gasteiger charge is -2.31. The summed E-state index contributed by atoms with van der Waals surface area (Å²) in [4.78, 5) is 35.4. The highest BCUT2D eigenvalue weighted by Gasteiger charge is 2.22. The third-order valence-electron chi connectivity index (χ3n) is 3.33. The zero-order valence-corrected chi connectivity index (χ0v) is 11.9. The summed E-state index contributed by atoms with van der Waals surface area (Å²) in [5.41, 5.74) is 0. The number of imide groups is 1. The van der Waals surface area contributed by atoms with Crippen molar-refractivity contribution in [2.75, 3.05) is 26.2 Å². The Kier molecular flexibility index (Phi) is 7.00. The SMILES string of the molecule is CCNC(=O)NC(=O)CN1CCCC(CCC(=O)O)C1. The number of carboxylic acid groups (broad SMARTS) is 1. The van der Waals surface area contributed by atoms with E-state index in [0.29, 0.717) is 18.9 Å². The van der Waals surface area contributed by atoms with E-state index in [4.69, 9.17) is 5.11 Å². The summed E-state index contributed by atoms with van der Waals surface area (Å²) in [6.45, 7) is 3.96. The standard InChI is InChI=1S/C13H23N3O4/c1-2-14-13(20)15-11(17)9-16-7-3-4-10(8-16)5-6-12(18)19/h10H,2-9H2,1H3,(H,18,19)(H2,14,15,17,20). The van der Waals surface area contributed by atoms with Gasteiger partial charge in [-0.05, 0) is 38.6 Å². The van der Waals surface area contributed by atoms with E-state index in [9.17, 15) is 14.4 Å². The molecule has 0 aliphatic carbocycles. The number of aliphatic carboxylic acids is 1. The van der Waals surface area contributed by atoms with Crippen molar-refractivity contribution in [3.05, 3.63) is 0 Å². The fraction of sp³-hybridized carbons (Fsp3) is 0.769. The Morgan fingerprint density at radius 2 is 2.10 bits per heavy atom. The molecule has 0 bridgehead atoms. The van der Waals surface area contributed by atoms with Crippen molar-refractivity contribution >= 4 is 17.9 Å². The monoisotopic (exact) mass is 285 g/mol. The third-order valence-corrected chi connectivity index (χ3v) is 3.33. The third kappa shape index (κ3) is 6.51. The molecule has 114 valence electrons. The van der Waals surface area contributed by atoms with Crippen molar-refractivity contribution in [1.82, 2.24) is 15.5 Å². The summed E-state index contributed by atoms with van der Waals surface area (Å²) in [6, 6.07) is -0.475. The van der Waals surface area contributed by atoms with Crippen molar-refractivity contribution in [3.8, 4) is 0 Å². The minimum Gasteiger partial charge on any atom is -0.481 e. The number of nitrogens with zero attached hydrogens (tertiary/aromatic N) is 1. The molecule has 1 unspecified atom stereocenters. The Balaban J connectivity index is 2.30. The Morgan fingerprint density at radius 1 is 1.35 bits per heavy atom. The van der Waals surface area contributed by atoms with Gasteiger partial charge in [-0.25, -0.2) is 4.79 Å². The van der Waals surface area contributed by atoms with Gasteiger partial charge in [-0.1, -0.05) is 0 Å². The number of carboxylic acids is 1. The van der Waals surface area contributed by atoms with Crippen LogP contribution in [0.25, 0.3) is 0 Å². The zero-order chi connectivity index (χ0) is 15.0. The van der Waals surface area contributed by atoms with Crippen molar-refractivity contribution in [3.63, 3.8) is 0 Å². The molecule has 20 heavy (non-hydrogen) atoms. The predicted octanol–water partition coefficient (Wildman–Crippen LogP) is 0.409. The van der Waals surface area contributed by atoms with Gasteiger partial charge in [0.1, 0.15) is 0 Å². The Hall–Kier alpha value is -1.63. The molecule has 0 spiro atoms. The molecule has 1 atom stereocenters. The van der Waals surface area contributed by atoms with Gasteiger partial charge in [0.25, 0.3) is 0 Å². The van der Waals surface area contributed by atoms with Crippen LogP contribution in [-0.2, 0) is 9.59 Å². The van der Waals surface area contributed by atoms with Crippen molar-refractivity contribution < 1.29 is 19.5 Å². The van der Waals surface area contributed by atoms with Crippen molar-refractivity contribution in [2.24, 2.45) is 5.92 Å². The van der Waals surface area contributed by atoms with Crippen LogP contribution in [0.4, 0.5) is 4.79 Å². The lowest BCUT2D eigenvalue weighted by molar-refractivity contribution is -0.137. The van der Waals surface area contributed by atoms with E-state index in [0.717, 1.165) is 25.9 Å². The molecule has 1 fully saturated rings. The largest absolute Gasteiger partial charge is 0.481 e.